The van der Waals surface area contributed by atoms with Gasteiger partial charge in [0.1, 0.15) is 18.0 Å². The van der Waals surface area contributed by atoms with Crippen LogP contribution in [0.5, 0.6) is 0 Å². The predicted octanol–water partition coefficient (Wildman–Crippen LogP) is 2.80. The van der Waals surface area contributed by atoms with Gasteiger partial charge < -0.3 is 14.6 Å². The number of fused-ring (bicyclic) bond motifs is 3. The summed E-state index contributed by atoms with van der Waals surface area (Å²) >= 11 is 0. The standard InChI is InChI=1S/C20H30O5/c1-11-6-5-7-12(2)15-8-9-20(4,25-15)18(22)17-16(14(21)10-11)13(3)19(23)24-17/h6,12-13,15-18,22H,5,7-10H2,1-4H3/b11-6+/t12-,13-,15-,16+,17+,18-,20-/m1/s1. The lowest BCUT2D eigenvalue weighted by atomic mass is 9.79. The van der Waals surface area contributed by atoms with Gasteiger partial charge in [-0.3, -0.25) is 9.59 Å². The van der Waals surface area contributed by atoms with Crippen LogP contribution in [0.25, 0.3) is 0 Å². The minimum Gasteiger partial charge on any atom is -0.458 e. The second-order valence-corrected chi connectivity index (χ2v) is 8.42. The van der Waals surface area contributed by atoms with Crippen LogP contribution in [0.15, 0.2) is 11.6 Å². The van der Waals surface area contributed by atoms with E-state index in [1.165, 1.54) is 0 Å². The van der Waals surface area contributed by atoms with Gasteiger partial charge in [0, 0.05) is 6.42 Å². The molecule has 3 rings (SSSR count). The first kappa shape index (κ1) is 18.6. The average molecular weight is 350 g/mol. The maximum Gasteiger partial charge on any atom is 0.309 e. The zero-order valence-electron chi connectivity index (χ0n) is 15.7. The van der Waals surface area contributed by atoms with E-state index in [0.29, 0.717) is 18.8 Å². The molecule has 5 nitrogen and oxygen atoms in total. The zero-order chi connectivity index (χ0) is 18.4. The molecule has 0 aromatic carbocycles. The maximum absolute atomic E-state index is 12.9. The average Bonchev–Trinajstić information content (AvgIpc) is 3.08. The van der Waals surface area contributed by atoms with Crippen LogP contribution in [0.4, 0.5) is 0 Å². The summed E-state index contributed by atoms with van der Waals surface area (Å²) < 4.78 is 11.7. The summed E-state index contributed by atoms with van der Waals surface area (Å²) in [5.41, 5.74) is 0.247. The molecule has 0 spiro atoms. The van der Waals surface area contributed by atoms with Crippen molar-refractivity contribution in [1.82, 2.24) is 0 Å². The van der Waals surface area contributed by atoms with Crippen molar-refractivity contribution in [3.63, 3.8) is 0 Å². The van der Waals surface area contributed by atoms with E-state index in [9.17, 15) is 14.7 Å². The summed E-state index contributed by atoms with van der Waals surface area (Å²) in [7, 11) is 0. The fourth-order valence-electron chi connectivity index (χ4n) is 4.57. The number of esters is 1. The van der Waals surface area contributed by atoms with Gasteiger partial charge in [0.15, 0.2) is 0 Å². The molecule has 2 saturated heterocycles. The Bertz CT molecular complexity index is 583. The molecule has 3 aliphatic heterocycles. The Morgan fingerprint density at radius 1 is 1.24 bits per heavy atom. The van der Waals surface area contributed by atoms with Crippen molar-refractivity contribution in [2.75, 3.05) is 0 Å². The Hall–Kier alpha value is -1.20. The summed E-state index contributed by atoms with van der Waals surface area (Å²) in [4.78, 5) is 25.0. The highest BCUT2D eigenvalue weighted by Gasteiger charge is 2.55. The molecular weight excluding hydrogens is 320 g/mol. The lowest BCUT2D eigenvalue weighted by molar-refractivity contribution is -0.171. The van der Waals surface area contributed by atoms with Gasteiger partial charge in [0.25, 0.3) is 0 Å². The van der Waals surface area contributed by atoms with Gasteiger partial charge in [-0.05, 0) is 45.4 Å². The van der Waals surface area contributed by atoms with Crippen LogP contribution in [0.2, 0.25) is 0 Å². The molecular formula is C20H30O5. The monoisotopic (exact) mass is 350 g/mol. The molecule has 2 fully saturated rings. The number of aliphatic hydroxyl groups excluding tert-OH is 1. The number of allylic oxidation sites excluding steroid dienone is 2. The number of ether oxygens (including phenoxy) is 2. The third-order valence-corrected chi connectivity index (χ3v) is 6.37. The van der Waals surface area contributed by atoms with Crippen molar-refractivity contribution in [2.24, 2.45) is 17.8 Å². The first-order chi connectivity index (χ1) is 11.7. The topological polar surface area (TPSA) is 72.8 Å². The normalized spacial score (nSPS) is 47.8. The second-order valence-electron chi connectivity index (χ2n) is 8.42. The molecule has 0 unspecified atom stereocenters. The van der Waals surface area contributed by atoms with Gasteiger partial charge >= 0.3 is 5.97 Å². The van der Waals surface area contributed by atoms with E-state index in [2.05, 4.69) is 13.0 Å². The van der Waals surface area contributed by atoms with Crippen LogP contribution in [-0.4, -0.2) is 40.8 Å². The van der Waals surface area contributed by atoms with Crippen LogP contribution in [0.3, 0.4) is 0 Å². The Labute approximate surface area is 149 Å². The summed E-state index contributed by atoms with van der Waals surface area (Å²) in [6, 6.07) is 0. The van der Waals surface area contributed by atoms with E-state index >= 15 is 0 Å². The summed E-state index contributed by atoms with van der Waals surface area (Å²) in [6.45, 7) is 7.74. The molecule has 0 aromatic heterocycles. The minimum absolute atomic E-state index is 0.0263. The molecule has 0 aliphatic carbocycles. The number of hydrogen-bond acceptors (Lipinski definition) is 5. The summed E-state index contributed by atoms with van der Waals surface area (Å²) in [6.07, 6.45) is 4.23. The van der Waals surface area contributed by atoms with Gasteiger partial charge in [0.2, 0.25) is 0 Å². The highest BCUT2D eigenvalue weighted by atomic mass is 16.6. The lowest BCUT2D eigenvalue weighted by Gasteiger charge is -2.36. The van der Waals surface area contributed by atoms with Crippen molar-refractivity contribution in [2.45, 2.75) is 83.7 Å². The minimum atomic E-state index is -0.988. The first-order valence-corrected chi connectivity index (χ1v) is 9.47. The number of rotatable bonds is 0. The van der Waals surface area contributed by atoms with Crippen LogP contribution < -0.4 is 0 Å². The molecule has 5 heteroatoms. The van der Waals surface area contributed by atoms with Crippen LogP contribution >= 0.6 is 0 Å². The number of aliphatic hydroxyl groups is 1. The molecule has 0 aromatic rings. The molecule has 0 saturated carbocycles. The molecule has 25 heavy (non-hydrogen) atoms. The van der Waals surface area contributed by atoms with Crippen molar-refractivity contribution in [3.8, 4) is 0 Å². The largest absolute Gasteiger partial charge is 0.458 e. The van der Waals surface area contributed by atoms with Gasteiger partial charge in [0.05, 0.1) is 23.5 Å². The number of Topliss-reactive ketones (excluding diaryl/α,β-unsaturated/α-hetero) is 1. The van der Waals surface area contributed by atoms with E-state index in [0.717, 1.165) is 24.8 Å². The van der Waals surface area contributed by atoms with E-state index in [4.69, 9.17) is 9.47 Å². The lowest BCUT2D eigenvalue weighted by Crippen LogP contribution is -2.51. The molecule has 0 amide bonds. The van der Waals surface area contributed by atoms with Crippen molar-refractivity contribution in [3.05, 3.63) is 11.6 Å². The van der Waals surface area contributed by atoms with E-state index < -0.39 is 35.6 Å². The Balaban J connectivity index is 1.95. The van der Waals surface area contributed by atoms with Crippen molar-refractivity contribution >= 4 is 11.8 Å². The Morgan fingerprint density at radius 3 is 2.68 bits per heavy atom. The molecule has 0 radical (unpaired) electrons. The van der Waals surface area contributed by atoms with Crippen LogP contribution in [0, 0.1) is 17.8 Å². The van der Waals surface area contributed by atoms with E-state index in [1.807, 2.05) is 13.8 Å². The molecule has 3 heterocycles. The fraction of sp³-hybridized carbons (Fsp3) is 0.800. The molecule has 1 N–H and O–H groups in total. The third kappa shape index (κ3) is 3.41. The molecule has 3 aliphatic rings. The highest BCUT2D eigenvalue weighted by Crippen LogP contribution is 2.43. The van der Waals surface area contributed by atoms with Gasteiger partial charge in [-0.2, -0.15) is 0 Å². The van der Waals surface area contributed by atoms with Gasteiger partial charge in [-0.1, -0.05) is 25.5 Å². The number of hydrogen-bond donors (Lipinski definition) is 1. The second kappa shape index (κ2) is 6.84. The number of ketones is 1. The maximum atomic E-state index is 12.9. The summed E-state index contributed by atoms with van der Waals surface area (Å²) in [5, 5.41) is 11.0. The first-order valence-electron chi connectivity index (χ1n) is 9.47. The predicted molar refractivity (Wildman–Crippen MR) is 92.8 cm³/mol. The molecule has 7 atom stereocenters. The van der Waals surface area contributed by atoms with E-state index in [1.54, 1.807) is 6.92 Å². The SMILES string of the molecule is C/C1=C\CC[C@@H](C)[C@H]2CC[C@@](C)(O2)[C@H](O)[C@H]2OC(=O)[C@H](C)[C@H]2C(=O)C1. The van der Waals surface area contributed by atoms with Crippen LogP contribution in [0.1, 0.15) is 59.8 Å². The van der Waals surface area contributed by atoms with Crippen LogP contribution in [-0.2, 0) is 19.1 Å². The third-order valence-electron chi connectivity index (χ3n) is 6.37. The molecule has 140 valence electrons. The van der Waals surface area contributed by atoms with Gasteiger partial charge in [-0.15, -0.1) is 0 Å². The smallest absolute Gasteiger partial charge is 0.309 e. The van der Waals surface area contributed by atoms with Crippen molar-refractivity contribution < 1.29 is 24.2 Å². The quantitative estimate of drug-likeness (QED) is 0.537. The fourth-order valence-corrected chi connectivity index (χ4v) is 4.57. The molecule has 2 bridgehead atoms. The zero-order valence-corrected chi connectivity index (χ0v) is 15.7. The van der Waals surface area contributed by atoms with Crippen molar-refractivity contribution in [1.29, 1.82) is 0 Å². The van der Waals surface area contributed by atoms with E-state index in [-0.39, 0.29) is 11.9 Å². The summed E-state index contributed by atoms with van der Waals surface area (Å²) in [5.74, 6) is -1.17. The highest BCUT2D eigenvalue weighted by molar-refractivity contribution is 5.91. The number of carbonyl (C=O) groups is 2. The number of carbonyl (C=O) groups excluding carboxylic acids is 2. The Kier molecular flexibility index (Phi) is 5.09. The van der Waals surface area contributed by atoms with Gasteiger partial charge in [-0.25, -0.2) is 0 Å². The Morgan fingerprint density at radius 2 is 1.96 bits per heavy atom.